The molecule has 72 valence electrons. The summed E-state index contributed by atoms with van der Waals surface area (Å²) in [6.07, 6.45) is 0. The number of hydrogen-bond acceptors (Lipinski definition) is 2. The first-order chi connectivity index (χ1) is 5.66. The minimum absolute atomic E-state index is 0.394. The van der Waals surface area contributed by atoms with Gasteiger partial charge in [-0.3, -0.25) is 0 Å². The molecular formula is C8H15Cl2NO. The zero-order chi connectivity index (χ0) is 9.40. The Balaban J connectivity index is 3.11. The van der Waals surface area contributed by atoms with Crippen molar-refractivity contribution in [3.8, 4) is 0 Å². The molecule has 0 aromatic carbocycles. The van der Waals surface area contributed by atoms with Crippen molar-refractivity contribution in [2.75, 3.05) is 19.8 Å². The summed E-state index contributed by atoms with van der Waals surface area (Å²) in [6.45, 7) is 6.06. The first-order valence-electron chi connectivity index (χ1n) is 3.92. The molecule has 0 aromatic heterocycles. The van der Waals surface area contributed by atoms with Crippen LogP contribution in [0.25, 0.3) is 0 Å². The molecule has 1 N–H and O–H groups in total. The van der Waals surface area contributed by atoms with Gasteiger partial charge in [0, 0.05) is 18.1 Å². The van der Waals surface area contributed by atoms with Crippen molar-refractivity contribution in [2.45, 2.75) is 19.9 Å². The van der Waals surface area contributed by atoms with Crippen molar-refractivity contribution in [1.82, 2.24) is 5.32 Å². The monoisotopic (exact) mass is 211 g/mol. The van der Waals surface area contributed by atoms with Crippen molar-refractivity contribution in [2.24, 2.45) is 0 Å². The van der Waals surface area contributed by atoms with Gasteiger partial charge in [-0.25, -0.2) is 0 Å². The first-order valence-corrected chi connectivity index (χ1v) is 4.74. The SMILES string of the molecule is CC(C)NCCOCC(Cl)=CCl. The van der Waals surface area contributed by atoms with Gasteiger partial charge in [0.2, 0.25) is 0 Å². The number of nitrogens with one attached hydrogen (secondary N) is 1. The van der Waals surface area contributed by atoms with Crippen LogP contribution >= 0.6 is 23.2 Å². The maximum atomic E-state index is 5.59. The van der Waals surface area contributed by atoms with E-state index in [1.807, 2.05) is 0 Å². The van der Waals surface area contributed by atoms with E-state index in [1.54, 1.807) is 0 Å². The van der Waals surface area contributed by atoms with Gasteiger partial charge in [0.15, 0.2) is 0 Å². The third-order valence-electron chi connectivity index (χ3n) is 1.16. The second kappa shape index (κ2) is 7.87. The van der Waals surface area contributed by atoms with E-state index in [4.69, 9.17) is 27.9 Å². The Kier molecular flexibility index (Phi) is 8.02. The fourth-order valence-corrected chi connectivity index (χ4v) is 0.761. The summed E-state index contributed by atoms with van der Waals surface area (Å²) in [7, 11) is 0. The standard InChI is InChI=1S/C8H15Cl2NO/c1-7(2)11-3-4-12-6-8(10)5-9/h5,7,11H,3-4,6H2,1-2H3. The van der Waals surface area contributed by atoms with Gasteiger partial charge in [-0.15, -0.1) is 0 Å². The van der Waals surface area contributed by atoms with Crippen LogP contribution in [0, 0.1) is 0 Å². The Morgan fingerprint density at radius 2 is 2.25 bits per heavy atom. The van der Waals surface area contributed by atoms with Gasteiger partial charge in [-0.2, -0.15) is 0 Å². The van der Waals surface area contributed by atoms with E-state index in [-0.39, 0.29) is 0 Å². The number of hydrogen-bond donors (Lipinski definition) is 1. The Morgan fingerprint density at radius 1 is 1.58 bits per heavy atom. The van der Waals surface area contributed by atoms with E-state index < -0.39 is 0 Å². The van der Waals surface area contributed by atoms with Crippen molar-refractivity contribution in [3.05, 3.63) is 10.6 Å². The summed E-state index contributed by atoms with van der Waals surface area (Å²) in [5.74, 6) is 0. The molecule has 0 heterocycles. The molecule has 0 unspecified atom stereocenters. The van der Waals surface area contributed by atoms with E-state index in [0.717, 1.165) is 6.54 Å². The van der Waals surface area contributed by atoms with E-state index in [1.165, 1.54) is 5.54 Å². The van der Waals surface area contributed by atoms with Crippen LogP contribution in [0.3, 0.4) is 0 Å². The molecule has 0 fully saturated rings. The molecule has 0 aliphatic heterocycles. The Bertz CT molecular complexity index is 137. The van der Waals surface area contributed by atoms with Gasteiger partial charge in [-0.05, 0) is 0 Å². The molecule has 0 saturated heterocycles. The van der Waals surface area contributed by atoms with Crippen LogP contribution in [0.1, 0.15) is 13.8 Å². The number of ether oxygens (including phenoxy) is 1. The van der Waals surface area contributed by atoms with E-state index in [2.05, 4.69) is 19.2 Å². The van der Waals surface area contributed by atoms with Crippen LogP contribution in [0.15, 0.2) is 10.6 Å². The lowest BCUT2D eigenvalue weighted by atomic mass is 10.4. The summed E-state index contributed by atoms with van der Waals surface area (Å²) in [6, 6.07) is 0.493. The van der Waals surface area contributed by atoms with Gasteiger partial charge in [-0.1, -0.05) is 37.0 Å². The second-order valence-corrected chi connectivity index (χ2v) is 3.42. The van der Waals surface area contributed by atoms with Crippen LogP contribution in [-0.4, -0.2) is 25.8 Å². The highest BCUT2D eigenvalue weighted by Gasteiger charge is 1.93. The topological polar surface area (TPSA) is 21.3 Å². The van der Waals surface area contributed by atoms with Crippen LogP contribution in [0.5, 0.6) is 0 Å². The van der Waals surface area contributed by atoms with E-state index in [0.29, 0.717) is 24.3 Å². The molecule has 0 aliphatic carbocycles. The zero-order valence-corrected chi connectivity index (χ0v) is 8.95. The third kappa shape index (κ3) is 8.34. The lowest BCUT2D eigenvalue weighted by molar-refractivity contribution is 0.160. The average molecular weight is 212 g/mol. The van der Waals surface area contributed by atoms with Gasteiger partial charge in [0.25, 0.3) is 0 Å². The molecule has 0 atom stereocenters. The predicted molar refractivity (Wildman–Crippen MR) is 53.7 cm³/mol. The molecule has 0 spiro atoms. The maximum absolute atomic E-state index is 5.59. The number of rotatable bonds is 6. The van der Waals surface area contributed by atoms with Gasteiger partial charge in [0.05, 0.1) is 18.2 Å². The highest BCUT2D eigenvalue weighted by molar-refractivity contribution is 6.36. The number of halogens is 2. The molecule has 0 aromatic rings. The Morgan fingerprint density at radius 3 is 2.75 bits per heavy atom. The highest BCUT2D eigenvalue weighted by Crippen LogP contribution is 2.02. The van der Waals surface area contributed by atoms with Crippen LogP contribution in [0.4, 0.5) is 0 Å². The zero-order valence-electron chi connectivity index (χ0n) is 7.44. The lowest BCUT2D eigenvalue weighted by Crippen LogP contribution is -2.26. The molecule has 12 heavy (non-hydrogen) atoms. The Hall–Kier alpha value is 0.240. The summed E-state index contributed by atoms with van der Waals surface area (Å²) >= 11 is 10.9. The third-order valence-corrected chi connectivity index (χ3v) is 1.75. The van der Waals surface area contributed by atoms with Crippen LogP contribution in [0.2, 0.25) is 0 Å². The van der Waals surface area contributed by atoms with Gasteiger partial charge >= 0.3 is 0 Å². The second-order valence-electron chi connectivity index (χ2n) is 2.72. The summed E-state index contributed by atoms with van der Waals surface area (Å²) in [5.41, 5.74) is 1.32. The van der Waals surface area contributed by atoms with Crippen molar-refractivity contribution in [1.29, 1.82) is 0 Å². The lowest BCUT2D eigenvalue weighted by Gasteiger charge is -2.07. The smallest absolute Gasteiger partial charge is 0.0832 e. The quantitative estimate of drug-likeness (QED) is 0.682. The fourth-order valence-electron chi connectivity index (χ4n) is 0.621. The molecule has 0 bridgehead atoms. The largest absolute Gasteiger partial charge is 0.375 e. The minimum atomic E-state index is 0.394. The molecule has 0 rings (SSSR count). The predicted octanol–water partition coefficient (Wildman–Crippen LogP) is 2.32. The molecule has 2 nitrogen and oxygen atoms in total. The van der Waals surface area contributed by atoms with Crippen LogP contribution < -0.4 is 5.32 Å². The van der Waals surface area contributed by atoms with E-state index >= 15 is 0 Å². The molecule has 0 amide bonds. The Labute approximate surface area is 83.9 Å². The maximum Gasteiger partial charge on any atom is 0.0832 e. The molecular weight excluding hydrogens is 197 g/mol. The fraction of sp³-hybridized carbons (Fsp3) is 0.750. The van der Waals surface area contributed by atoms with Gasteiger partial charge < -0.3 is 10.1 Å². The average Bonchev–Trinajstić information content (AvgIpc) is 2.03. The molecule has 0 radical (unpaired) electrons. The molecule has 0 aliphatic rings. The van der Waals surface area contributed by atoms with Crippen molar-refractivity contribution < 1.29 is 4.74 Å². The van der Waals surface area contributed by atoms with Crippen molar-refractivity contribution >= 4 is 23.2 Å². The summed E-state index contributed by atoms with van der Waals surface area (Å²) in [4.78, 5) is 0. The normalized spacial score (nSPS) is 12.6. The van der Waals surface area contributed by atoms with E-state index in [9.17, 15) is 0 Å². The molecule has 0 saturated carbocycles. The summed E-state index contributed by atoms with van der Waals surface area (Å²) in [5, 5.41) is 3.75. The minimum Gasteiger partial charge on any atom is -0.375 e. The van der Waals surface area contributed by atoms with Gasteiger partial charge in [0.1, 0.15) is 0 Å². The van der Waals surface area contributed by atoms with Crippen LogP contribution in [-0.2, 0) is 4.74 Å². The first kappa shape index (κ1) is 12.2. The summed E-state index contributed by atoms with van der Waals surface area (Å²) < 4.78 is 5.19. The molecule has 4 heteroatoms. The highest BCUT2D eigenvalue weighted by atomic mass is 35.5. The van der Waals surface area contributed by atoms with Crippen molar-refractivity contribution in [3.63, 3.8) is 0 Å².